The molecule has 1 fully saturated rings. The summed E-state index contributed by atoms with van der Waals surface area (Å²) in [6, 6.07) is 31.5. The summed E-state index contributed by atoms with van der Waals surface area (Å²) in [5.41, 5.74) is 2.48. The smallest absolute Gasteiger partial charge is 0.250 e. The van der Waals surface area contributed by atoms with Crippen LogP contribution < -0.4 is 10.6 Å². The van der Waals surface area contributed by atoms with Crippen LogP contribution in [-0.2, 0) is 10.3 Å². The maximum Gasteiger partial charge on any atom is 0.250 e. The van der Waals surface area contributed by atoms with E-state index < -0.39 is 17.4 Å². The number of carbonyl (C=O) groups excluding carboxylic acids is 2. The number of carbonyl (C=O) groups is 2. The predicted molar refractivity (Wildman–Crippen MR) is 143 cm³/mol. The van der Waals surface area contributed by atoms with E-state index in [9.17, 15) is 9.59 Å². The molecule has 0 radical (unpaired) electrons. The van der Waals surface area contributed by atoms with E-state index in [4.69, 9.17) is 23.2 Å². The highest BCUT2D eigenvalue weighted by atomic mass is 35.5. The van der Waals surface area contributed by atoms with E-state index >= 15 is 0 Å². The third-order valence-electron chi connectivity index (χ3n) is 7.36. The molecule has 178 valence electrons. The van der Waals surface area contributed by atoms with Crippen LogP contribution in [0.3, 0.4) is 0 Å². The number of benzene rings is 4. The third-order valence-corrected chi connectivity index (χ3v) is 7.96. The monoisotopic (exact) mass is 512 g/mol. The van der Waals surface area contributed by atoms with Gasteiger partial charge in [0.05, 0.1) is 5.92 Å². The second kappa shape index (κ2) is 8.90. The Morgan fingerprint density at radius 3 is 2.19 bits per heavy atom. The van der Waals surface area contributed by atoms with Gasteiger partial charge in [0.2, 0.25) is 5.91 Å². The van der Waals surface area contributed by atoms with Crippen molar-refractivity contribution in [2.75, 3.05) is 5.32 Å². The molecule has 2 aliphatic rings. The first-order valence-corrected chi connectivity index (χ1v) is 12.5. The molecule has 0 bridgehead atoms. The Morgan fingerprint density at radius 1 is 0.778 bits per heavy atom. The first-order valence-electron chi connectivity index (χ1n) is 11.8. The van der Waals surface area contributed by atoms with Gasteiger partial charge >= 0.3 is 0 Å². The minimum absolute atomic E-state index is 0.144. The molecule has 1 amide bonds. The highest BCUT2D eigenvalue weighted by Crippen LogP contribution is 2.58. The predicted octanol–water partition coefficient (Wildman–Crippen LogP) is 6.77. The molecule has 1 saturated heterocycles. The van der Waals surface area contributed by atoms with Crippen LogP contribution in [0.2, 0.25) is 10.0 Å². The van der Waals surface area contributed by atoms with Crippen LogP contribution in [0.25, 0.3) is 0 Å². The quantitative estimate of drug-likeness (QED) is 0.296. The van der Waals surface area contributed by atoms with Crippen molar-refractivity contribution in [2.45, 2.75) is 17.5 Å². The fraction of sp³-hybridized carbons (Fsp3) is 0.133. The van der Waals surface area contributed by atoms with Gasteiger partial charge in [0, 0.05) is 38.8 Å². The van der Waals surface area contributed by atoms with Gasteiger partial charge in [0.15, 0.2) is 5.78 Å². The summed E-state index contributed by atoms with van der Waals surface area (Å²) in [7, 11) is 0. The Morgan fingerprint density at radius 2 is 1.44 bits per heavy atom. The fourth-order valence-corrected chi connectivity index (χ4v) is 6.21. The molecule has 4 aromatic rings. The van der Waals surface area contributed by atoms with Crippen LogP contribution in [-0.4, -0.2) is 11.7 Å². The summed E-state index contributed by atoms with van der Waals surface area (Å²) in [4.78, 5) is 28.4. The molecular formula is C30H22Cl2N2O2. The minimum atomic E-state index is -1.28. The molecule has 0 aliphatic carbocycles. The van der Waals surface area contributed by atoms with Crippen LogP contribution in [0.1, 0.15) is 39.0 Å². The molecule has 6 heteroatoms. The van der Waals surface area contributed by atoms with Gasteiger partial charge in [-0.25, -0.2) is 0 Å². The van der Waals surface area contributed by atoms with Crippen molar-refractivity contribution >= 4 is 40.6 Å². The van der Waals surface area contributed by atoms with Crippen molar-refractivity contribution in [1.82, 2.24) is 5.32 Å². The van der Waals surface area contributed by atoms with Crippen LogP contribution >= 0.6 is 23.2 Å². The Labute approximate surface area is 219 Å². The van der Waals surface area contributed by atoms with Gasteiger partial charge in [-0.3, -0.25) is 14.9 Å². The van der Waals surface area contributed by atoms with E-state index in [0.29, 0.717) is 21.3 Å². The number of Topliss-reactive ketones (excluding diaryl/α,β-unsaturated/α-hetero) is 1. The zero-order valence-electron chi connectivity index (χ0n) is 19.1. The summed E-state index contributed by atoms with van der Waals surface area (Å²) in [5, 5.41) is 7.78. The Balaban J connectivity index is 1.64. The molecule has 4 nitrogen and oxygen atoms in total. The summed E-state index contributed by atoms with van der Waals surface area (Å²) < 4.78 is 0. The van der Waals surface area contributed by atoms with Crippen LogP contribution in [0.15, 0.2) is 103 Å². The lowest BCUT2D eigenvalue weighted by Gasteiger charge is -2.31. The first kappa shape index (κ1) is 23.0. The molecule has 2 aliphatic heterocycles. The van der Waals surface area contributed by atoms with Crippen molar-refractivity contribution in [1.29, 1.82) is 0 Å². The molecule has 2 N–H and O–H groups in total. The average molecular weight is 513 g/mol. The van der Waals surface area contributed by atoms with Gasteiger partial charge in [-0.05, 0) is 47.5 Å². The number of hydrogen-bond donors (Lipinski definition) is 2. The number of ketones is 1. The highest BCUT2D eigenvalue weighted by Gasteiger charge is 2.64. The van der Waals surface area contributed by atoms with E-state index in [2.05, 4.69) is 10.6 Å². The number of fused-ring (bicyclic) bond motifs is 2. The molecule has 2 heterocycles. The van der Waals surface area contributed by atoms with E-state index in [1.54, 1.807) is 24.3 Å². The largest absolute Gasteiger partial charge is 0.324 e. The third kappa shape index (κ3) is 3.48. The summed E-state index contributed by atoms with van der Waals surface area (Å²) in [6.07, 6.45) is 0. The van der Waals surface area contributed by atoms with Gasteiger partial charge in [0.25, 0.3) is 0 Å². The lowest BCUT2D eigenvalue weighted by Crippen LogP contribution is -2.50. The lowest BCUT2D eigenvalue weighted by molar-refractivity contribution is -0.122. The van der Waals surface area contributed by atoms with Gasteiger partial charge < -0.3 is 5.32 Å². The van der Waals surface area contributed by atoms with Crippen LogP contribution in [0.4, 0.5) is 5.69 Å². The van der Waals surface area contributed by atoms with Crippen molar-refractivity contribution in [3.05, 3.63) is 135 Å². The Kier molecular flexibility index (Phi) is 5.68. The molecule has 36 heavy (non-hydrogen) atoms. The average Bonchev–Trinajstić information content (AvgIpc) is 3.40. The van der Waals surface area contributed by atoms with Gasteiger partial charge in [-0.2, -0.15) is 0 Å². The van der Waals surface area contributed by atoms with Crippen molar-refractivity contribution in [3.63, 3.8) is 0 Å². The van der Waals surface area contributed by atoms with Crippen molar-refractivity contribution in [3.8, 4) is 0 Å². The minimum Gasteiger partial charge on any atom is -0.324 e. The molecule has 0 aromatic heterocycles. The fourth-order valence-electron chi connectivity index (χ4n) is 5.83. The highest BCUT2D eigenvalue weighted by molar-refractivity contribution is 6.31. The molecular weight excluding hydrogens is 491 g/mol. The number of hydrogen-bond acceptors (Lipinski definition) is 3. The molecule has 6 rings (SSSR count). The second-order valence-electron chi connectivity index (χ2n) is 9.24. The lowest BCUT2D eigenvalue weighted by atomic mass is 9.69. The Hall–Kier alpha value is -3.44. The zero-order valence-corrected chi connectivity index (χ0v) is 20.6. The standard InChI is InChI=1S/C30H22Cl2N2O2/c31-20-16-14-19(15-17-20)28(35)26-25(21-10-4-6-12-23(21)32)27(18-8-2-1-3-9-18)34-30(26)22-11-5-7-13-24(22)33-29(30)36/h1-17,25-27,34H,(H,33,36)/t25-,26?,27+,30?/m0/s1. The van der Waals surface area contributed by atoms with Gasteiger partial charge in [-0.15, -0.1) is 0 Å². The van der Waals surface area contributed by atoms with Crippen LogP contribution in [0.5, 0.6) is 0 Å². The van der Waals surface area contributed by atoms with Gasteiger partial charge in [-0.1, -0.05) is 89.9 Å². The normalized spacial score (nSPS) is 24.5. The first-order chi connectivity index (χ1) is 17.5. The second-order valence-corrected chi connectivity index (χ2v) is 10.1. The van der Waals surface area contributed by atoms with Gasteiger partial charge in [0.1, 0.15) is 5.54 Å². The number of halogens is 2. The SMILES string of the molecule is O=C(c1ccc(Cl)cc1)C1[C@H](c2ccccc2Cl)[C@@H](c2ccccc2)NC12C(=O)Nc1ccccc12. The molecule has 4 aromatic carbocycles. The van der Waals surface area contributed by atoms with E-state index in [-0.39, 0.29) is 17.7 Å². The Bertz CT molecular complexity index is 1470. The number of nitrogens with one attached hydrogen (secondary N) is 2. The summed E-state index contributed by atoms with van der Waals surface area (Å²) in [5.74, 6) is -1.57. The maximum atomic E-state index is 14.4. The zero-order chi connectivity index (χ0) is 24.9. The number of anilines is 1. The number of amides is 1. The molecule has 0 saturated carbocycles. The molecule has 4 atom stereocenters. The van der Waals surface area contributed by atoms with Crippen molar-refractivity contribution < 1.29 is 9.59 Å². The van der Waals surface area contributed by atoms with E-state index in [0.717, 1.165) is 16.7 Å². The van der Waals surface area contributed by atoms with Crippen molar-refractivity contribution in [2.24, 2.45) is 5.92 Å². The maximum absolute atomic E-state index is 14.4. The molecule has 2 unspecified atom stereocenters. The summed E-state index contributed by atoms with van der Waals surface area (Å²) >= 11 is 12.9. The van der Waals surface area contributed by atoms with E-state index in [1.165, 1.54) is 0 Å². The van der Waals surface area contributed by atoms with E-state index in [1.807, 2.05) is 78.9 Å². The topological polar surface area (TPSA) is 58.2 Å². The van der Waals surface area contributed by atoms with Crippen LogP contribution in [0, 0.1) is 5.92 Å². The number of rotatable bonds is 4. The molecule has 1 spiro atoms. The number of para-hydroxylation sites is 1. The summed E-state index contributed by atoms with van der Waals surface area (Å²) in [6.45, 7) is 0.